The summed E-state index contributed by atoms with van der Waals surface area (Å²) in [6, 6.07) is 8.15. The molecule has 0 saturated heterocycles. The first-order valence-corrected chi connectivity index (χ1v) is 9.32. The van der Waals surface area contributed by atoms with Gasteiger partial charge in [0.15, 0.2) is 0 Å². The topological polar surface area (TPSA) is 79.3 Å². The van der Waals surface area contributed by atoms with Crippen molar-refractivity contribution < 1.29 is 14.7 Å². The highest BCUT2D eigenvalue weighted by Gasteiger charge is 2.23. The highest BCUT2D eigenvalue weighted by Crippen LogP contribution is 2.28. The molecule has 1 amide bonds. The number of rotatable bonds is 5. The second kappa shape index (κ2) is 7.35. The molecule has 132 valence electrons. The van der Waals surface area contributed by atoms with Gasteiger partial charge < -0.3 is 10.4 Å². The maximum Gasteiger partial charge on any atom is 0.347 e. The quantitative estimate of drug-likeness (QED) is 0.857. The molecule has 0 radical (unpaired) electrons. The fourth-order valence-corrected chi connectivity index (χ4v) is 4.28. The second-order valence-corrected chi connectivity index (χ2v) is 7.67. The fraction of sp³-hybridized carbons (Fsp3) is 0.421. The number of nitrogens with zero attached hydrogens (tertiary/aromatic N) is 1. The maximum absolute atomic E-state index is 12.4. The Bertz CT molecular complexity index is 800. The Balaban J connectivity index is 1.58. The van der Waals surface area contributed by atoms with Crippen LogP contribution in [0.5, 0.6) is 0 Å². The van der Waals surface area contributed by atoms with E-state index in [4.69, 9.17) is 5.11 Å². The number of carboxylic acids is 1. The molecule has 6 heteroatoms. The molecule has 0 bridgehead atoms. The van der Waals surface area contributed by atoms with Crippen LogP contribution in [0.3, 0.4) is 0 Å². The molecule has 25 heavy (non-hydrogen) atoms. The van der Waals surface area contributed by atoms with Gasteiger partial charge in [-0.1, -0.05) is 24.3 Å². The smallest absolute Gasteiger partial charge is 0.347 e. The third-order valence-electron chi connectivity index (χ3n) is 4.68. The van der Waals surface area contributed by atoms with Gasteiger partial charge in [-0.2, -0.15) is 0 Å². The van der Waals surface area contributed by atoms with Crippen molar-refractivity contribution in [2.24, 2.45) is 5.92 Å². The number of aromatic nitrogens is 1. The van der Waals surface area contributed by atoms with Crippen LogP contribution < -0.4 is 5.32 Å². The molecule has 2 atom stereocenters. The molecular weight excluding hydrogens is 336 g/mol. The third kappa shape index (κ3) is 4.07. The molecule has 1 aromatic carbocycles. The van der Waals surface area contributed by atoms with Crippen molar-refractivity contribution in [2.75, 3.05) is 0 Å². The highest BCUT2D eigenvalue weighted by molar-refractivity contribution is 7.13. The van der Waals surface area contributed by atoms with Gasteiger partial charge in [0.1, 0.15) is 9.88 Å². The van der Waals surface area contributed by atoms with E-state index in [1.54, 1.807) is 6.92 Å². The normalized spacial score (nSPS) is 17.6. The van der Waals surface area contributed by atoms with E-state index in [0.717, 1.165) is 30.6 Å². The first kappa shape index (κ1) is 17.6. The summed E-state index contributed by atoms with van der Waals surface area (Å²) < 4.78 is 0. The molecule has 1 aliphatic carbocycles. The number of benzene rings is 1. The van der Waals surface area contributed by atoms with Gasteiger partial charge in [-0.25, -0.2) is 9.78 Å². The number of hydrogen-bond donors (Lipinski definition) is 2. The zero-order valence-electron chi connectivity index (χ0n) is 14.4. The van der Waals surface area contributed by atoms with Crippen molar-refractivity contribution in [1.82, 2.24) is 10.3 Å². The van der Waals surface area contributed by atoms with Crippen LogP contribution in [0, 0.1) is 12.8 Å². The molecule has 1 aliphatic rings. The summed E-state index contributed by atoms with van der Waals surface area (Å²) in [5.74, 6) is -0.614. The monoisotopic (exact) mass is 358 g/mol. The number of fused-ring (bicyclic) bond motifs is 1. The number of carbonyl (C=O) groups excluding carboxylic acids is 1. The largest absolute Gasteiger partial charge is 0.477 e. The molecule has 2 unspecified atom stereocenters. The lowest BCUT2D eigenvalue weighted by Crippen LogP contribution is -2.29. The van der Waals surface area contributed by atoms with E-state index in [2.05, 4.69) is 28.5 Å². The van der Waals surface area contributed by atoms with Gasteiger partial charge in [0.2, 0.25) is 5.91 Å². The molecule has 0 saturated carbocycles. The molecule has 1 aromatic heterocycles. The maximum atomic E-state index is 12.4. The summed E-state index contributed by atoms with van der Waals surface area (Å²) >= 11 is 1.13. The predicted octanol–water partition coefficient (Wildman–Crippen LogP) is 3.52. The molecule has 0 spiro atoms. The standard InChI is InChI=1S/C19H22N2O3S/c1-11-17(19(23)24)25-18(21-11)12(2)20-16(22)10-13-7-8-14-5-3-4-6-15(14)9-13/h3-6,12-13H,7-10H2,1-2H3,(H,20,22)(H,23,24). The lowest BCUT2D eigenvalue weighted by molar-refractivity contribution is -0.122. The van der Waals surface area contributed by atoms with Crippen molar-refractivity contribution in [3.8, 4) is 0 Å². The van der Waals surface area contributed by atoms with E-state index in [0.29, 0.717) is 23.0 Å². The minimum absolute atomic E-state index is 0.00149. The van der Waals surface area contributed by atoms with E-state index < -0.39 is 5.97 Å². The average Bonchev–Trinajstić information content (AvgIpc) is 2.97. The van der Waals surface area contributed by atoms with Crippen molar-refractivity contribution in [1.29, 1.82) is 0 Å². The molecule has 1 heterocycles. The Kier molecular flexibility index (Phi) is 5.18. The van der Waals surface area contributed by atoms with Crippen LogP contribution in [0.1, 0.15) is 57.3 Å². The SMILES string of the molecule is Cc1nc(C(C)NC(=O)CC2CCc3ccccc3C2)sc1C(=O)O. The van der Waals surface area contributed by atoms with Crippen molar-refractivity contribution in [3.63, 3.8) is 0 Å². The van der Waals surface area contributed by atoms with Crippen LogP contribution in [0.2, 0.25) is 0 Å². The number of aromatic carboxylic acids is 1. The molecule has 3 rings (SSSR count). The van der Waals surface area contributed by atoms with E-state index in [-0.39, 0.29) is 16.8 Å². The van der Waals surface area contributed by atoms with E-state index in [9.17, 15) is 9.59 Å². The number of aryl methyl sites for hydroxylation is 2. The molecule has 0 aliphatic heterocycles. The van der Waals surface area contributed by atoms with Crippen molar-refractivity contribution in [2.45, 2.75) is 45.6 Å². The summed E-state index contributed by atoms with van der Waals surface area (Å²) in [6.45, 7) is 3.52. The van der Waals surface area contributed by atoms with Gasteiger partial charge >= 0.3 is 5.97 Å². The fourth-order valence-electron chi connectivity index (χ4n) is 3.37. The summed E-state index contributed by atoms with van der Waals surface area (Å²) in [7, 11) is 0. The minimum atomic E-state index is -0.972. The lowest BCUT2D eigenvalue weighted by Gasteiger charge is -2.24. The Morgan fingerprint density at radius 1 is 1.36 bits per heavy atom. The lowest BCUT2D eigenvalue weighted by atomic mass is 9.82. The van der Waals surface area contributed by atoms with E-state index in [1.165, 1.54) is 11.1 Å². The van der Waals surface area contributed by atoms with Crippen molar-refractivity contribution in [3.05, 3.63) is 51.0 Å². The van der Waals surface area contributed by atoms with Crippen LogP contribution in [-0.4, -0.2) is 22.0 Å². The minimum Gasteiger partial charge on any atom is -0.477 e. The first-order valence-electron chi connectivity index (χ1n) is 8.50. The summed E-state index contributed by atoms with van der Waals surface area (Å²) in [5.41, 5.74) is 3.24. The highest BCUT2D eigenvalue weighted by atomic mass is 32.1. The Morgan fingerprint density at radius 2 is 2.08 bits per heavy atom. The number of thiazole rings is 1. The van der Waals surface area contributed by atoms with Crippen molar-refractivity contribution >= 4 is 23.2 Å². The van der Waals surface area contributed by atoms with Crippen LogP contribution in [0.15, 0.2) is 24.3 Å². The molecular formula is C19H22N2O3S. The molecule has 2 N–H and O–H groups in total. The van der Waals surface area contributed by atoms with E-state index in [1.807, 2.05) is 13.0 Å². The van der Waals surface area contributed by atoms with E-state index >= 15 is 0 Å². The van der Waals surface area contributed by atoms with Gasteiger partial charge in [0.25, 0.3) is 0 Å². The third-order valence-corrected chi connectivity index (χ3v) is 6.01. The Morgan fingerprint density at radius 3 is 2.76 bits per heavy atom. The van der Waals surface area contributed by atoms with Crippen LogP contribution in [-0.2, 0) is 17.6 Å². The summed E-state index contributed by atoms with van der Waals surface area (Å²) in [5, 5.41) is 12.7. The van der Waals surface area contributed by atoms with Crippen LogP contribution in [0.25, 0.3) is 0 Å². The summed E-state index contributed by atoms with van der Waals surface area (Å²) in [6.07, 6.45) is 3.49. The molecule has 5 nitrogen and oxygen atoms in total. The van der Waals surface area contributed by atoms with Gasteiger partial charge in [0.05, 0.1) is 11.7 Å². The number of carboxylic acid groups (broad SMARTS) is 1. The van der Waals surface area contributed by atoms with Gasteiger partial charge in [0, 0.05) is 6.42 Å². The average molecular weight is 358 g/mol. The first-order chi connectivity index (χ1) is 11.9. The number of amides is 1. The zero-order valence-corrected chi connectivity index (χ0v) is 15.2. The number of hydrogen-bond acceptors (Lipinski definition) is 4. The predicted molar refractivity (Wildman–Crippen MR) is 96.9 cm³/mol. The number of nitrogens with one attached hydrogen (secondary N) is 1. The van der Waals surface area contributed by atoms with Gasteiger partial charge in [-0.15, -0.1) is 11.3 Å². The van der Waals surface area contributed by atoms with Crippen LogP contribution in [0.4, 0.5) is 0 Å². The second-order valence-electron chi connectivity index (χ2n) is 6.64. The van der Waals surface area contributed by atoms with Gasteiger partial charge in [-0.05, 0) is 50.2 Å². The Labute approximate surface area is 151 Å². The zero-order chi connectivity index (χ0) is 18.0. The summed E-state index contributed by atoms with van der Waals surface area (Å²) in [4.78, 5) is 28.0. The van der Waals surface area contributed by atoms with Gasteiger partial charge in [-0.3, -0.25) is 4.79 Å². The number of carbonyl (C=O) groups is 2. The molecule has 2 aromatic rings. The molecule has 0 fully saturated rings. The Hall–Kier alpha value is -2.21. The van der Waals surface area contributed by atoms with Crippen LogP contribution >= 0.6 is 11.3 Å².